The van der Waals surface area contributed by atoms with Crippen LogP contribution in [-0.4, -0.2) is 55.3 Å². The minimum Gasteiger partial charge on any atom is -0.479 e. The first-order valence-electron chi connectivity index (χ1n) is 11.4. The number of hydrogen-bond donors (Lipinski definition) is 3. The number of hydrogen-bond acceptors (Lipinski definition) is 5. The van der Waals surface area contributed by atoms with E-state index in [9.17, 15) is 14.4 Å². The summed E-state index contributed by atoms with van der Waals surface area (Å²) in [4.78, 5) is 34.0. The van der Waals surface area contributed by atoms with E-state index in [4.69, 9.17) is 14.6 Å². The van der Waals surface area contributed by atoms with E-state index in [2.05, 4.69) is 37.6 Å². The van der Waals surface area contributed by atoms with Gasteiger partial charge in [0, 0.05) is 14.3 Å². The molecule has 31 heavy (non-hydrogen) atoms. The maximum absolute atomic E-state index is 11.5. The highest BCUT2D eigenvalue weighted by atomic mass is 28.3. The van der Waals surface area contributed by atoms with Crippen LogP contribution >= 0.6 is 0 Å². The zero-order valence-electron chi connectivity index (χ0n) is 20.5. The molecule has 8 nitrogen and oxygen atoms in total. The van der Waals surface area contributed by atoms with Crippen LogP contribution in [0.4, 0.5) is 9.59 Å². The van der Waals surface area contributed by atoms with Gasteiger partial charge in [-0.05, 0) is 58.4 Å². The van der Waals surface area contributed by atoms with E-state index in [0.717, 1.165) is 25.3 Å². The molecule has 0 aromatic rings. The Hall–Kier alpha value is -1.77. The predicted octanol–water partition coefficient (Wildman–Crippen LogP) is 4.15. The Morgan fingerprint density at radius 2 is 1.61 bits per heavy atom. The molecule has 2 amide bonds. The van der Waals surface area contributed by atoms with Crippen LogP contribution in [0.2, 0.25) is 19.1 Å². The maximum Gasteiger partial charge on any atom is 0.408 e. The molecule has 0 aliphatic heterocycles. The standard InChI is InChI=1S/C11H19NO4.C11H23NO2Si/c1-5-7-6-11(7,8(13)14)12-9(15)16-10(2,3)4;1-5-9-8-11(9,2)12-10(13)14-6-7-15(3)4/h7H,5-6H2,1-4H3,(H,12,15)(H,13,14);9,15H,5-8H2,1-4H3,(H,12,13). The van der Waals surface area contributed by atoms with Crippen LogP contribution < -0.4 is 10.6 Å². The van der Waals surface area contributed by atoms with Gasteiger partial charge < -0.3 is 25.2 Å². The summed E-state index contributed by atoms with van der Waals surface area (Å²) < 4.78 is 10.2. The highest BCUT2D eigenvalue weighted by molar-refractivity contribution is 6.55. The summed E-state index contributed by atoms with van der Waals surface area (Å²) in [7, 11) is -0.590. The predicted molar refractivity (Wildman–Crippen MR) is 123 cm³/mol. The maximum atomic E-state index is 11.5. The smallest absolute Gasteiger partial charge is 0.408 e. The first-order chi connectivity index (χ1) is 14.2. The van der Waals surface area contributed by atoms with E-state index in [1.54, 1.807) is 20.8 Å². The van der Waals surface area contributed by atoms with Crippen molar-refractivity contribution < 1.29 is 29.0 Å². The summed E-state index contributed by atoms with van der Waals surface area (Å²) in [6, 6.07) is 1.07. The summed E-state index contributed by atoms with van der Waals surface area (Å²) in [6.07, 6.45) is 2.56. The molecule has 2 aliphatic carbocycles. The van der Waals surface area contributed by atoms with Crippen LogP contribution in [0.3, 0.4) is 0 Å². The number of carbonyl (C=O) groups is 3. The second kappa shape index (κ2) is 10.7. The molecule has 0 bridgehead atoms. The molecule has 2 rings (SSSR count). The van der Waals surface area contributed by atoms with Crippen LogP contribution in [0.25, 0.3) is 0 Å². The van der Waals surface area contributed by atoms with Crippen molar-refractivity contribution in [2.24, 2.45) is 11.8 Å². The fourth-order valence-corrected chi connectivity index (χ4v) is 4.22. The lowest BCUT2D eigenvalue weighted by atomic mass is 10.1. The summed E-state index contributed by atoms with van der Waals surface area (Å²) in [5, 5.41) is 14.5. The number of aliphatic carboxylic acids is 1. The molecule has 2 fully saturated rings. The molecule has 3 N–H and O–H groups in total. The number of carbonyl (C=O) groups excluding carboxylic acids is 2. The van der Waals surface area contributed by atoms with Gasteiger partial charge in [0.2, 0.25) is 0 Å². The summed E-state index contributed by atoms with van der Waals surface area (Å²) in [6.45, 7) is 16.5. The second-order valence-corrected chi connectivity index (χ2v) is 13.7. The molecule has 9 heteroatoms. The summed E-state index contributed by atoms with van der Waals surface area (Å²) in [5.74, 6) is -0.327. The first-order valence-corrected chi connectivity index (χ1v) is 14.5. The molecule has 180 valence electrons. The molecule has 0 saturated heterocycles. The monoisotopic (exact) mass is 458 g/mol. The lowest BCUT2D eigenvalue weighted by Crippen LogP contribution is -2.46. The zero-order chi connectivity index (χ0) is 24.0. The van der Waals surface area contributed by atoms with Crippen molar-refractivity contribution in [1.82, 2.24) is 10.6 Å². The van der Waals surface area contributed by atoms with E-state index in [0.29, 0.717) is 18.9 Å². The summed E-state index contributed by atoms with van der Waals surface area (Å²) >= 11 is 0. The van der Waals surface area contributed by atoms with E-state index in [-0.39, 0.29) is 17.6 Å². The highest BCUT2D eigenvalue weighted by Gasteiger charge is 2.61. The minimum atomic E-state index is -1.10. The Kier molecular flexibility index (Phi) is 9.41. The van der Waals surface area contributed by atoms with Crippen molar-refractivity contribution >= 4 is 27.0 Å². The van der Waals surface area contributed by atoms with Crippen molar-refractivity contribution in [1.29, 1.82) is 0 Å². The number of carboxylic acids is 1. The van der Waals surface area contributed by atoms with Crippen molar-refractivity contribution in [3.63, 3.8) is 0 Å². The van der Waals surface area contributed by atoms with E-state index >= 15 is 0 Å². The first kappa shape index (κ1) is 27.3. The number of rotatable bonds is 8. The lowest BCUT2D eigenvalue weighted by Gasteiger charge is -2.22. The third kappa shape index (κ3) is 8.71. The van der Waals surface area contributed by atoms with E-state index in [1.165, 1.54) is 0 Å². The Morgan fingerprint density at radius 3 is 2.00 bits per heavy atom. The molecule has 2 saturated carbocycles. The van der Waals surface area contributed by atoms with Gasteiger partial charge in [0.15, 0.2) is 0 Å². The Balaban J connectivity index is 0.000000311. The molecule has 0 heterocycles. The average molecular weight is 459 g/mol. The van der Waals surface area contributed by atoms with E-state index < -0.39 is 32.0 Å². The molecule has 0 radical (unpaired) electrons. The largest absolute Gasteiger partial charge is 0.479 e. The zero-order valence-corrected chi connectivity index (χ0v) is 21.6. The molecule has 2 aliphatic rings. The Bertz CT molecular complexity index is 650. The molecular weight excluding hydrogens is 416 g/mol. The number of alkyl carbamates (subject to hydrolysis) is 2. The number of carboxylic acid groups (broad SMARTS) is 1. The van der Waals surface area contributed by atoms with Gasteiger partial charge in [-0.15, -0.1) is 0 Å². The van der Waals surface area contributed by atoms with Crippen LogP contribution in [0, 0.1) is 11.8 Å². The second-order valence-electron chi connectivity index (χ2n) is 10.4. The molecule has 0 spiro atoms. The number of nitrogens with one attached hydrogen (secondary N) is 2. The Morgan fingerprint density at radius 1 is 1.03 bits per heavy atom. The van der Waals surface area contributed by atoms with Gasteiger partial charge in [-0.1, -0.05) is 39.8 Å². The van der Waals surface area contributed by atoms with Crippen LogP contribution in [0.1, 0.15) is 67.2 Å². The van der Waals surface area contributed by atoms with Gasteiger partial charge in [-0.3, -0.25) is 0 Å². The quantitative estimate of drug-likeness (QED) is 0.471. The molecular formula is C22H42N2O6Si. The highest BCUT2D eigenvalue weighted by Crippen LogP contribution is 2.46. The van der Waals surface area contributed by atoms with Crippen molar-refractivity contribution in [3.05, 3.63) is 0 Å². The fourth-order valence-electron chi connectivity index (χ4n) is 3.63. The molecule has 4 unspecified atom stereocenters. The van der Waals surface area contributed by atoms with Gasteiger partial charge in [0.25, 0.3) is 0 Å². The van der Waals surface area contributed by atoms with Gasteiger partial charge in [-0.2, -0.15) is 0 Å². The van der Waals surface area contributed by atoms with Crippen LogP contribution in [-0.2, 0) is 14.3 Å². The van der Waals surface area contributed by atoms with Crippen molar-refractivity contribution in [3.8, 4) is 0 Å². The van der Waals surface area contributed by atoms with E-state index in [1.807, 2.05) is 6.92 Å². The SMILES string of the molecule is CCC1CC1(C)NC(=O)OCC[SiH](C)C.CCC1CC1(NC(=O)OC(C)(C)C)C(=O)O. The van der Waals surface area contributed by atoms with Gasteiger partial charge >= 0.3 is 18.2 Å². The molecule has 0 aromatic heterocycles. The lowest BCUT2D eigenvalue weighted by molar-refractivity contribution is -0.141. The van der Waals surface area contributed by atoms with Crippen molar-refractivity contribution in [2.75, 3.05) is 6.61 Å². The van der Waals surface area contributed by atoms with Gasteiger partial charge in [0.1, 0.15) is 11.1 Å². The number of amides is 2. The Labute approximate surface area is 188 Å². The molecule has 4 atom stereocenters. The number of ether oxygens (including phenoxy) is 2. The fraction of sp³-hybridized carbons (Fsp3) is 0.864. The average Bonchev–Trinajstić information content (AvgIpc) is 3.48. The molecule has 0 aromatic carbocycles. The van der Waals surface area contributed by atoms with Crippen LogP contribution in [0.5, 0.6) is 0 Å². The normalized spacial score (nSPS) is 28.7. The third-order valence-electron chi connectivity index (χ3n) is 5.92. The van der Waals surface area contributed by atoms with Gasteiger partial charge in [0.05, 0.1) is 6.61 Å². The minimum absolute atomic E-state index is 0.0116. The van der Waals surface area contributed by atoms with Crippen LogP contribution in [0.15, 0.2) is 0 Å². The summed E-state index contributed by atoms with van der Waals surface area (Å²) in [5.41, 5.74) is -1.70. The topological polar surface area (TPSA) is 114 Å². The third-order valence-corrected chi connectivity index (χ3v) is 7.31. The van der Waals surface area contributed by atoms with Crippen molar-refractivity contribution in [2.45, 2.75) is 103 Å². The van der Waals surface area contributed by atoms with Gasteiger partial charge in [-0.25, -0.2) is 14.4 Å².